The summed E-state index contributed by atoms with van der Waals surface area (Å²) in [5, 5.41) is 1.85. The van der Waals surface area contributed by atoms with E-state index in [1.165, 1.54) is 16.7 Å². The Kier molecular flexibility index (Phi) is 6.31. The van der Waals surface area contributed by atoms with Crippen molar-refractivity contribution in [2.75, 3.05) is 17.7 Å². The van der Waals surface area contributed by atoms with Crippen LogP contribution in [0.1, 0.15) is 12.5 Å². The van der Waals surface area contributed by atoms with E-state index in [0.29, 0.717) is 0 Å². The number of ether oxygens (including phenoxy) is 1. The van der Waals surface area contributed by atoms with Crippen molar-refractivity contribution in [2.24, 2.45) is 0 Å². The summed E-state index contributed by atoms with van der Waals surface area (Å²) in [5.41, 5.74) is 2.75. The van der Waals surface area contributed by atoms with Gasteiger partial charge >= 0.3 is 5.97 Å². The SMILES string of the molecule is Cc1cc(SCC(=O)O[C@H](C)C(=O)N(C)c2ccccc2)nc2ccccc12. The molecular weight excluding hydrogens is 372 g/mol. The van der Waals surface area contributed by atoms with E-state index < -0.39 is 12.1 Å². The van der Waals surface area contributed by atoms with Crippen LogP contribution in [0.15, 0.2) is 65.7 Å². The molecule has 0 saturated carbocycles. The summed E-state index contributed by atoms with van der Waals surface area (Å²) in [5.74, 6) is -0.624. The molecule has 2 aromatic carbocycles. The fourth-order valence-electron chi connectivity index (χ4n) is 2.86. The van der Waals surface area contributed by atoms with Crippen molar-refractivity contribution >= 4 is 40.2 Å². The predicted molar refractivity (Wildman–Crippen MR) is 113 cm³/mol. The van der Waals surface area contributed by atoms with Gasteiger partial charge in [0.05, 0.1) is 16.3 Å². The largest absolute Gasteiger partial charge is 0.452 e. The Morgan fingerprint density at radius 1 is 1.11 bits per heavy atom. The topological polar surface area (TPSA) is 59.5 Å². The van der Waals surface area contributed by atoms with Crippen LogP contribution in [0.25, 0.3) is 10.9 Å². The fraction of sp³-hybridized carbons (Fsp3) is 0.227. The highest BCUT2D eigenvalue weighted by atomic mass is 32.2. The van der Waals surface area contributed by atoms with E-state index in [9.17, 15) is 9.59 Å². The molecule has 0 bridgehead atoms. The number of carbonyl (C=O) groups excluding carboxylic acids is 2. The number of fused-ring (bicyclic) bond motifs is 1. The number of rotatable bonds is 6. The first-order valence-corrected chi connectivity index (χ1v) is 9.95. The van der Waals surface area contributed by atoms with Crippen LogP contribution in [0.5, 0.6) is 0 Å². The third kappa shape index (κ3) is 4.70. The first kappa shape index (κ1) is 19.9. The lowest BCUT2D eigenvalue weighted by Crippen LogP contribution is -2.37. The Bertz CT molecular complexity index is 991. The van der Waals surface area contributed by atoms with E-state index in [4.69, 9.17) is 4.74 Å². The maximum atomic E-state index is 12.5. The van der Waals surface area contributed by atoms with Crippen molar-refractivity contribution in [1.82, 2.24) is 4.98 Å². The molecular formula is C22H22N2O3S. The van der Waals surface area contributed by atoms with Gasteiger partial charge < -0.3 is 9.64 Å². The number of carbonyl (C=O) groups is 2. The molecule has 0 aliphatic rings. The molecule has 28 heavy (non-hydrogen) atoms. The minimum atomic E-state index is -0.857. The van der Waals surface area contributed by atoms with Gasteiger partial charge in [-0.2, -0.15) is 0 Å². The number of benzene rings is 2. The molecule has 1 heterocycles. The maximum Gasteiger partial charge on any atom is 0.317 e. The van der Waals surface area contributed by atoms with Gasteiger partial charge in [-0.1, -0.05) is 48.2 Å². The molecule has 0 spiro atoms. The Morgan fingerprint density at radius 3 is 2.54 bits per heavy atom. The maximum absolute atomic E-state index is 12.5. The third-order valence-corrected chi connectivity index (χ3v) is 5.25. The molecule has 5 nitrogen and oxygen atoms in total. The molecule has 0 radical (unpaired) electrons. The standard InChI is InChI=1S/C22H22N2O3S/c1-15-13-20(23-19-12-8-7-11-18(15)19)28-14-21(25)27-16(2)22(26)24(3)17-9-5-4-6-10-17/h4-13,16H,14H2,1-3H3/t16-/m1/s1. The third-order valence-electron chi connectivity index (χ3n) is 4.37. The Morgan fingerprint density at radius 2 is 1.79 bits per heavy atom. The first-order valence-electron chi connectivity index (χ1n) is 8.97. The molecule has 0 unspecified atom stereocenters. The number of para-hydroxylation sites is 2. The molecule has 1 atom stereocenters. The van der Waals surface area contributed by atoms with Gasteiger partial charge in [0.25, 0.3) is 5.91 Å². The van der Waals surface area contributed by atoms with E-state index in [1.54, 1.807) is 14.0 Å². The van der Waals surface area contributed by atoms with Crippen LogP contribution in [-0.4, -0.2) is 35.8 Å². The van der Waals surface area contributed by atoms with E-state index in [2.05, 4.69) is 4.98 Å². The summed E-state index contributed by atoms with van der Waals surface area (Å²) in [6, 6.07) is 19.1. The second-order valence-corrected chi connectivity index (χ2v) is 7.44. The van der Waals surface area contributed by atoms with E-state index >= 15 is 0 Å². The van der Waals surface area contributed by atoms with Gasteiger partial charge in [0.1, 0.15) is 0 Å². The van der Waals surface area contributed by atoms with Crippen LogP contribution in [0.2, 0.25) is 0 Å². The van der Waals surface area contributed by atoms with Gasteiger partial charge in [-0.15, -0.1) is 0 Å². The highest BCUT2D eigenvalue weighted by Gasteiger charge is 2.22. The van der Waals surface area contributed by atoms with Crippen LogP contribution in [0.3, 0.4) is 0 Å². The molecule has 6 heteroatoms. The number of anilines is 1. The average Bonchev–Trinajstić information content (AvgIpc) is 2.72. The van der Waals surface area contributed by atoms with E-state index in [0.717, 1.165) is 27.2 Å². The number of hydrogen-bond donors (Lipinski definition) is 0. The lowest BCUT2D eigenvalue weighted by atomic mass is 10.1. The second-order valence-electron chi connectivity index (χ2n) is 6.45. The Hall–Kier alpha value is -2.86. The van der Waals surface area contributed by atoms with Crippen LogP contribution in [0.4, 0.5) is 5.69 Å². The zero-order chi connectivity index (χ0) is 20.1. The molecule has 1 aromatic heterocycles. The number of pyridine rings is 1. The summed E-state index contributed by atoms with van der Waals surface area (Å²) in [6.45, 7) is 3.61. The highest BCUT2D eigenvalue weighted by Crippen LogP contribution is 2.23. The predicted octanol–water partition coefficient (Wildman–Crippen LogP) is 4.23. The molecule has 3 aromatic rings. The summed E-state index contributed by atoms with van der Waals surface area (Å²) < 4.78 is 5.32. The van der Waals surface area contributed by atoms with Crippen LogP contribution in [0, 0.1) is 6.92 Å². The monoisotopic (exact) mass is 394 g/mol. The number of amides is 1. The number of aromatic nitrogens is 1. The van der Waals surface area contributed by atoms with Crippen molar-refractivity contribution in [3.63, 3.8) is 0 Å². The van der Waals surface area contributed by atoms with Gasteiger partial charge in [-0.05, 0) is 43.7 Å². The lowest BCUT2D eigenvalue weighted by Gasteiger charge is -2.21. The summed E-state index contributed by atoms with van der Waals surface area (Å²) in [6.07, 6.45) is -0.857. The minimum Gasteiger partial charge on any atom is -0.452 e. The summed E-state index contributed by atoms with van der Waals surface area (Å²) in [7, 11) is 1.67. The van der Waals surface area contributed by atoms with E-state index in [-0.39, 0.29) is 11.7 Å². The highest BCUT2D eigenvalue weighted by molar-refractivity contribution is 7.99. The van der Waals surface area contributed by atoms with Gasteiger partial charge in [0.2, 0.25) is 0 Å². The van der Waals surface area contributed by atoms with Gasteiger partial charge in [0, 0.05) is 18.1 Å². The molecule has 144 valence electrons. The molecule has 1 amide bonds. The lowest BCUT2D eigenvalue weighted by molar-refractivity contribution is -0.151. The molecule has 0 N–H and O–H groups in total. The molecule has 0 aliphatic carbocycles. The molecule has 0 saturated heterocycles. The number of thioether (sulfide) groups is 1. The van der Waals surface area contributed by atoms with Crippen LogP contribution in [-0.2, 0) is 14.3 Å². The minimum absolute atomic E-state index is 0.0947. The zero-order valence-corrected chi connectivity index (χ0v) is 16.9. The first-order chi connectivity index (χ1) is 13.5. The van der Waals surface area contributed by atoms with Crippen molar-refractivity contribution in [1.29, 1.82) is 0 Å². The summed E-state index contributed by atoms with van der Waals surface area (Å²) >= 11 is 1.31. The van der Waals surface area contributed by atoms with E-state index in [1.807, 2.05) is 67.6 Å². The van der Waals surface area contributed by atoms with Crippen LogP contribution >= 0.6 is 11.8 Å². The molecule has 0 fully saturated rings. The van der Waals surface area contributed by atoms with Gasteiger partial charge in [-0.25, -0.2) is 4.98 Å². The molecule has 3 rings (SSSR count). The van der Waals surface area contributed by atoms with Crippen molar-refractivity contribution in [3.8, 4) is 0 Å². The Labute approximate surface area is 168 Å². The van der Waals surface area contributed by atoms with Crippen molar-refractivity contribution in [3.05, 3.63) is 66.2 Å². The number of hydrogen-bond acceptors (Lipinski definition) is 5. The second kappa shape index (κ2) is 8.89. The van der Waals surface area contributed by atoms with Gasteiger partial charge in [0.15, 0.2) is 6.10 Å². The number of aryl methyl sites for hydroxylation is 1. The molecule has 0 aliphatic heterocycles. The number of esters is 1. The van der Waals surface area contributed by atoms with Gasteiger partial charge in [-0.3, -0.25) is 9.59 Å². The zero-order valence-electron chi connectivity index (χ0n) is 16.1. The van der Waals surface area contributed by atoms with Crippen molar-refractivity contribution < 1.29 is 14.3 Å². The smallest absolute Gasteiger partial charge is 0.317 e. The number of nitrogens with zero attached hydrogens (tertiary/aromatic N) is 2. The van der Waals surface area contributed by atoms with Crippen LogP contribution < -0.4 is 4.90 Å². The average molecular weight is 394 g/mol. The number of likely N-dealkylation sites (N-methyl/N-ethyl adjacent to an activating group) is 1. The summed E-state index contributed by atoms with van der Waals surface area (Å²) in [4.78, 5) is 30.7. The normalized spacial score (nSPS) is 11.8. The van der Waals surface area contributed by atoms with Crippen molar-refractivity contribution in [2.45, 2.75) is 25.0 Å². The fourth-order valence-corrected chi connectivity index (χ4v) is 3.62. The quantitative estimate of drug-likeness (QED) is 0.463. The Balaban J connectivity index is 1.57.